The summed E-state index contributed by atoms with van der Waals surface area (Å²) in [6, 6.07) is 14.6. The summed E-state index contributed by atoms with van der Waals surface area (Å²) in [6.45, 7) is 0. The van der Waals surface area contributed by atoms with Gasteiger partial charge in [0.25, 0.3) is 0 Å². The Hall–Kier alpha value is -1.31. The Morgan fingerprint density at radius 2 is 1.59 bits per heavy atom. The van der Waals surface area contributed by atoms with E-state index in [0.717, 1.165) is 17.4 Å². The molecule has 1 unspecified atom stereocenters. The van der Waals surface area contributed by atoms with Crippen LogP contribution in [0.4, 0.5) is 0 Å². The highest BCUT2D eigenvalue weighted by Gasteiger charge is 2.13. The second kappa shape index (κ2) is 5.35. The van der Waals surface area contributed by atoms with Crippen molar-refractivity contribution in [2.75, 3.05) is 0 Å². The molecular formula is C14H10Cl2O. The molecule has 1 atom stereocenters. The molecular weight excluding hydrogens is 255 g/mol. The van der Waals surface area contributed by atoms with Gasteiger partial charge >= 0.3 is 0 Å². The molecule has 0 N–H and O–H groups in total. The van der Waals surface area contributed by atoms with Gasteiger partial charge in [-0.25, -0.2) is 0 Å². The van der Waals surface area contributed by atoms with Crippen molar-refractivity contribution < 1.29 is 4.79 Å². The fourth-order valence-electron chi connectivity index (χ4n) is 1.72. The maximum Gasteiger partial charge on any atom is 0.131 e. The van der Waals surface area contributed by atoms with Crippen molar-refractivity contribution in [3.05, 3.63) is 69.7 Å². The summed E-state index contributed by atoms with van der Waals surface area (Å²) in [5.74, 6) is -0.300. The summed E-state index contributed by atoms with van der Waals surface area (Å²) < 4.78 is 0. The Labute approximate surface area is 110 Å². The zero-order valence-electron chi connectivity index (χ0n) is 8.94. The van der Waals surface area contributed by atoms with E-state index in [2.05, 4.69) is 0 Å². The molecule has 17 heavy (non-hydrogen) atoms. The van der Waals surface area contributed by atoms with Crippen LogP contribution in [0.25, 0.3) is 0 Å². The molecule has 0 saturated heterocycles. The highest BCUT2D eigenvalue weighted by atomic mass is 35.5. The predicted molar refractivity (Wildman–Crippen MR) is 70.8 cm³/mol. The van der Waals surface area contributed by atoms with Gasteiger partial charge in [-0.05, 0) is 35.4 Å². The first-order chi connectivity index (χ1) is 8.20. The molecule has 2 aromatic carbocycles. The molecule has 0 aliphatic heterocycles. The molecule has 86 valence electrons. The molecule has 0 amide bonds. The molecule has 0 saturated carbocycles. The first-order valence-corrected chi connectivity index (χ1v) is 5.92. The van der Waals surface area contributed by atoms with Crippen LogP contribution in [0.15, 0.2) is 48.5 Å². The zero-order valence-corrected chi connectivity index (χ0v) is 10.4. The highest BCUT2D eigenvalue weighted by molar-refractivity contribution is 6.30. The van der Waals surface area contributed by atoms with Crippen LogP contribution in [0.3, 0.4) is 0 Å². The van der Waals surface area contributed by atoms with Crippen molar-refractivity contribution in [2.45, 2.75) is 5.92 Å². The molecule has 0 heterocycles. The molecule has 2 aromatic rings. The highest BCUT2D eigenvalue weighted by Crippen LogP contribution is 2.25. The maximum absolute atomic E-state index is 11.2. The van der Waals surface area contributed by atoms with Crippen LogP contribution in [-0.4, -0.2) is 6.29 Å². The van der Waals surface area contributed by atoms with Gasteiger partial charge in [0.05, 0.1) is 5.92 Å². The van der Waals surface area contributed by atoms with E-state index >= 15 is 0 Å². The minimum atomic E-state index is -0.300. The van der Waals surface area contributed by atoms with Crippen LogP contribution in [-0.2, 0) is 4.79 Å². The predicted octanol–water partition coefficient (Wildman–Crippen LogP) is 4.32. The fraction of sp³-hybridized carbons (Fsp3) is 0.0714. The lowest BCUT2D eigenvalue weighted by Crippen LogP contribution is -2.02. The summed E-state index contributed by atoms with van der Waals surface area (Å²) >= 11 is 11.7. The van der Waals surface area contributed by atoms with Gasteiger partial charge in [-0.2, -0.15) is 0 Å². The summed E-state index contributed by atoms with van der Waals surface area (Å²) in [7, 11) is 0. The minimum Gasteiger partial charge on any atom is -0.302 e. The van der Waals surface area contributed by atoms with E-state index in [1.807, 2.05) is 24.3 Å². The number of benzene rings is 2. The molecule has 3 heteroatoms. The quantitative estimate of drug-likeness (QED) is 0.755. The zero-order chi connectivity index (χ0) is 12.3. The van der Waals surface area contributed by atoms with Gasteiger partial charge in [0.15, 0.2) is 0 Å². The average Bonchev–Trinajstić information content (AvgIpc) is 2.33. The summed E-state index contributed by atoms with van der Waals surface area (Å²) in [5.41, 5.74) is 1.79. The average molecular weight is 265 g/mol. The lowest BCUT2D eigenvalue weighted by atomic mass is 9.93. The Morgan fingerprint density at radius 1 is 0.882 bits per heavy atom. The minimum absolute atomic E-state index is 0.300. The van der Waals surface area contributed by atoms with Crippen LogP contribution < -0.4 is 0 Å². The second-order valence-electron chi connectivity index (χ2n) is 3.72. The van der Waals surface area contributed by atoms with Crippen molar-refractivity contribution in [3.63, 3.8) is 0 Å². The molecule has 0 aliphatic carbocycles. The lowest BCUT2D eigenvalue weighted by Gasteiger charge is -2.11. The summed E-state index contributed by atoms with van der Waals surface area (Å²) in [4.78, 5) is 11.2. The first kappa shape index (κ1) is 12.2. The van der Waals surface area contributed by atoms with Crippen LogP contribution in [0.2, 0.25) is 10.0 Å². The van der Waals surface area contributed by atoms with E-state index in [1.54, 1.807) is 24.3 Å². The third-order valence-corrected chi connectivity index (χ3v) is 3.06. The van der Waals surface area contributed by atoms with Crippen molar-refractivity contribution in [2.24, 2.45) is 0 Å². The normalized spacial score (nSPS) is 12.1. The van der Waals surface area contributed by atoms with Gasteiger partial charge < -0.3 is 4.79 Å². The monoisotopic (exact) mass is 264 g/mol. The van der Waals surface area contributed by atoms with Crippen LogP contribution in [0.5, 0.6) is 0 Å². The van der Waals surface area contributed by atoms with Crippen molar-refractivity contribution >= 4 is 29.5 Å². The van der Waals surface area contributed by atoms with E-state index < -0.39 is 0 Å². The van der Waals surface area contributed by atoms with Gasteiger partial charge in [-0.3, -0.25) is 0 Å². The standard InChI is InChI=1S/C14H10Cl2O/c15-12-6-4-10(5-7-12)14(9-17)11-2-1-3-13(16)8-11/h1-9,14H. The van der Waals surface area contributed by atoms with Gasteiger partial charge in [0, 0.05) is 10.0 Å². The molecule has 0 aliphatic rings. The van der Waals surface area contributed by atoms with Crippen LogP contribution in [0.1, 0.15) is 17.0 Å². The number of halogens is 2. The Morgan fingerprint density at radius 3 is 2.18 bits per heavy atom. The molecule has 0 bridgehead atoms. The number of carbonyl (C=O) groups excluding carboxylic acids is 1. The number of carbonyl (C=O) groups is 1. The molecule has 0 fully saturated rings. The third kappa shape index (κ3) is 2.87. The topological polar surface area (TPSA) is 17.1 Å². The largest absolute Gasteiger partial charge is 0.302 e. The Kier molecular flexibility index (Phi) is 3.82. The van der Waals surface area contributed by atoms with Crippen molar-refractivity contribution in [1.29, 1.82) is 0 Å². The smallest absolute Gasteiger partial charge is 0.131 e. The lowest BCUT2D eigenvalue weighted by molar-refractivity contribution is -0.108. The van der Waals surface area contributed by atoms with E-state index in [0.29, 0.717) is 10.0 Å². The number of hydrogen-bond donors (Lipinski definition) is 0. The van der Waals surface area contributed by atoms with Gasteiger partial charge in [0.1, 0.15) is 6.29 Å². The molecule has 1 nitrogen and oxygen atoms in total. The third-order valence-electron chi connectivity index (χ3n) is 2.57. The maximum atomic E-state index is 11.2. The Bertz CT molecular complexity index is 520. The fourth-order valence-corrected chi connectivity index (χ4v) is 2.04. The first-order valence-electron chi connectivity index (χ1n) is 5.17. The van der Waals surface area contributed by atoms with Gasteiger partial charge in [0.2, 0.25) is 0 Å². The van der Waals surface area contributed by atoms with Crippen molar-refractivity contribution in [3.8, 4) is 0 Å². The summed E-state index contributed by atoms with van der Waals surface area (Å²) in [6.07, 6.45) is 0.912. The molecule has 2 rings (SSSR count). The number of hydrogen-bond acceptors (Lipinski definition) is 1. The van der Waals surface area contributed by atoms with Gasteiger partial charge in [-0.1, -0.05) is 47.5 Å². The van der Waals surface area contributed by atoms with Crippen LogP contribution >= 0.6 is 23.2 Å². The van der Waals surface area contributed by atoms with E-state index in [9.17, 15) is 4.79 Å². The SMILES string of the molecule is O=CC(c1ccc(Cl)cc1)c1cccc(Cl)c1. The van der Waals surface area contributed by atoms with Gasteiger partial charge in [-0.15, -0.1) is 0 Å². The van der Waals surface area contributed by atoms with E-state index in [1.165, 1.54) is 0 Å². The van der Waals surface area contributed by atoms with E-state index in [4.69, 9.17) is 23.2 Å². The number of rotatable bonds is 3. The molecule has 0 spiro atoms. The molecule has 0 radical (unpaired) electrons. The Balaban J connectivity index is 2.40. The summed E-state index contributed by atoms with van der Waals surface area (Å²) in [5, 5.41) is 1.29. The second-order valence-corrected chi connectivity index (χ2v) is 4.59. The van der Waals surface area contributed by atoms with Crippen molar-refractivity contribution in [1.82, 2.24) is 0 Å². The number of aldehydes is 1. The molecule has 0 aromatic heterocycles. The van der Waals surface area contributed by atoms with Crippen LogP contribution in [0, 0.1) is 0 Å². The van der Waals surface area contributed by atoms with E-state index in [-0.39, 0.29) is 5.92 Å².